The molecule has 4 heteroatoms. The number of ether oxygens (including phenoxy) is 1. The van der Waals surface area contributed by atoms with Crippen LogP contribution in [-0.2, 0) is 4.79 Å². The van der Waals surface area contributed by atoms with E-state index in [1.165, 1.54) is 0 Å². The highest BCUT2D eigenvalue weighted by molar-refractivity contribution is 6.30. The predicted molar refractivity (Wildman–Crippen MR) is 83.2 cm³/mol. The molecule has 0 aliphatic heterocycles. The monoisotopic (exact) mass is 304 g/mol. The zero-order chi connectivity index (χ0) is 15.2. The van der Waals surface area contributed by atoms with Crippen LogP contribution < -0.4 is 4.74 Å². The lowest BCUT2D eigenvalue weighted by molar-refractivity contribution is -0.137. The summed E-state index contributed by atoms with van der Waals surface area (Å²) in [6, 6.07) is 14.8. The zero-order valence-corrected chi connectivity index (χ0v) is 12.5. The Labute approximate surface area is 129 Å². The lowest BCUT2D eigenvalue weighted by Crippen LogP contribution is -2.08. The zero-order valence-electron chi connectivity index (χ0n) is 11.8. The second kappa shape index (κ2) is 7.14. The Kier molecular flexibility index (Phi) is 5.23. The van der Waals surface area contributed by atoms with Crippen LogP contribution in [-0.4, -0.2) is 17.7 Å². The van der Waals surface area contributed by atoms with Crippen molar-refractivity contribution in [2.45, 2.75) is 19.3 Å². The molecule has 0 amide bonds. The summed E-state index contributed by atoms with van der Waals surface area (Å²) >= 11 is 5.89. The first-order valence-electron chi connectivity index (χ1n) is 6.80. The SMILES string of the molecule is CCOc1ccc(C(CC(=O)O)c2ccc(Cl)cc2)cc1. The van der Waals surface area contributed by atoms with Gasteiger partial charge in [-0.25, -0.2) is 0 Å². The lowest BCUT2D eigenvalue weighted by atomic mass is 9.88. The minimum Gasteiger partial charge on any atom is -0.494 e. The number of carboxylic acids is 1. The van der Waals surface area contributed by atoms with Crippen LogP contribution in [0.15, 0.2) is 48.5 Å². The van der Waals surface area contributed by atoms with E-state index in [-0.39, 0.29) is 12.3 Å². The molecule has 0 aliphatic rings. The Morgan fingerprint density at radius 1 is 1.10 bits per heavy atom. The van der Waals surface area contributed by atoms with Gasteiger partial charge in [-0.15, -0.1) is 0 Å². The Morgan fingerprint density at radius 2 is 1.62 bits per heavy atom. The quantitative estimate of drug-likeness (QED) is 0.863. The molecule has 2 aromatic carbocycles. The van der Waals surface area contributed by atoms with Gasteiger partial charge in [-0.1, -0.05) is 35.9 Å². The van der Waals surface area contributed by atoms with Gasteiger partial charge in [-0.3, -0.25) is 4.79 Å². The molecule has 0 fully saturated rings. The van der Waals surface area contributed by atoms with Crippen LogP contribution in [0.5, 0.6) is 5.75 Å². The van der Waals surface area contributed by atoms with E-state index in [2.05, 4.69) is 0 Å². The fourth-order valence-electron chi connectivity index (χ4n) is 2.26. The summed E-state index contributed by atoms with van der Waals surface area (Å²) in [5.41, 5.74) is 1.88. The largest absolute Gasteiger partial charge is 0.494 e. The fourth-order valence-corrected chi connectivity index (χ4v) is 2.39. The highest BCUT2D eigenvalue weighted by atomic mass is 35.5. The number of aliphatic carboxylic acids is 1. The molecule has 0 saturated carbocycles. The molecule has 1 unspecified atom stereocenters. The number of rotatable bonds is 6. The molecule has 2 rings (SSSR count). The second-order valence-corrected chi connectivity index (χ2v) is 5.14. The van der Waals surface area contributed by atoms with Gasteiger partial charge < -0.3 is 9.84 Å². The molecule has 110 valence electrons. The van der Waals surface area contributed by atoms with Gasteiger partial charge in [0.15, 0.2) is 0 Å². The van der Waals surface area contributed by atoms with Crippen molar-refractivity contribution in [2.24, 2.45) is 0 Å². The van der Waals surface area contributed by atoms with Crippen molar-refractivity contribution in [3.8, 4) is 5.75 Å². The van der Waals surface area contributed by atoms with Crippen LogP contribution >= 0.6 is 11.6 Å². The third-order valence-electron chi connectivity index (χ3n) is 3.24. The van der Waals surface area contributed by atoms with Crippen molar-refractivity contribution in [2.75, 3.05) is 6.61 Å². The second-order valence-electron chi connectivity index (χ2n) is 4.70. The van der Waals surface area contributed by atoms with Gasteiger partial charge in [0.1, 0.15) is 5.75 Å². The van der Waals surface area contributed by atoms with E-state index < -0.39 is 5.97 Å². The van der Waals surface area contributed by atoms with Crippen molar-refractivity contribution in [1.29, 1.82) is 0 Å². The van der Waals surface area contributed by atoms with E-state index in [0.29, 0.717) is 11.6 Å². The average molecular weight is 305 g/mol. The summed E-state index contributed by atoms with van der Waals surface area (Å²) in [5, 5.41) is 9.79. The minimum atomic E-state index is -0.830. The minimum absolute atomic E-state index is 0.0373. The third-order valence-corrected chi connectivity index (χ3v) is 3.50. The predicted octanol–water partition coefficient (Wildman–Crippen LogP) is 4.35. The summed E-state index contributed by atoms with van der Waals surface area (Å²) in [4.78, 5) is 11.1. The first kappa shape index (κ1) is 15.4. The van der Waals surface area contributed by atoms with Crippen LogP contribution in [0.2, 0.25) is 5.02 Å². The van der Waals surface area contributed by atoms with Gasteiger partial charge in [0.2, 0.25) is 0 Å². The van der Waals surface area contributed by atoms with E-state index in [4.69, 9.17) is 21.4 Å². The van der Waals surface area contributed by atoms with E-state index >= 15 is 0 Å². The van der Waals surface area contributed by atoms with Gasteiger partial charge >= 0.3 is 5.97 Å². The molecule has 1 N–H and O–H groups in total. The van der Waals surface area contributed by atoms with Gasteiger partial charge in [0.25, 0.3) is 0 Å². The number of hydrogen-bond acceptors (Lipinski definition) is 2. The van der Waals surface area contributed by atoms with Crippen molar-refractivity contribution >= 4 is 17.6 Å². The fraction of sp³-hybridized carbons (Fsp3) is 0.235. The Hall–Kier alpha value is -2.00. The van der Waals surface area contributed by atoms with Crippen molar-refractivity contribution < 1.29 is 14.6 Å². The van der Waals surface area contributed by atoms with E-state index in [1.807, 2.05) is 43.3 Å². The molecule has 0 aromatic heterocycles. The lowest BCUT2D eigenvalue weighted by Gasteiger charge is -2.16. The Bertz CT molecular complexity index is 590. The van der Waals surface area contributed by atoms with Gasteiger partial charge in [-0.05, 0) is 42.3 Å². The van der Waals surface area contributed by atoms with Crippen LogP contribution in [0.4, 0.5) is 0 Å². The maximum absolute atomic E-state index is 11.1. The van der Waals surface area contributed by atoms with Crippen LogP contribution in [0.1, 0.15) is 30.4 Å². The molecular formula is C17H17ClO3. The molecule has 0 radical (unpaired) electrons. The molecule has 0 aliphatic carbocycles. The molecule has 0 heterocycles. The highest BCUT2D eigenvalue weighted by Crippen LogP contribution is 2.30. The normalized spacial score (nSPS) is 11.9. The van der Waals surface area contributed by atoms with Crippen molar-refractivity contribution in [1.82, 2.24) is 0 Å². The van der Waals surface area contributed by atoms with Gasteiger partial charge in [-0.2, -0.15) is 0 Å². The number of benzene rings is 2. The topological polar surface area (TPSA) is 46.5 Å². The number of carbonyl (C=O) groups is 1. The van der Waals surface area contributed by atoms with Crippen molar-refractivity contribution in [3.05, 3.63) is 64.7 Å². The average Bonchev–Trinajstić information content (AvgIpc) is 2.47. The van der Waals surface area contributed by atoms with Gasteiger partial charge in [0, 0.05) is 10.9 Å². The summed E-state index contributed by atoms with van der Waals surface area (Å²) < 4.78 is 5.41. The maximum atomic E-state index is 11.1. The smallest absolute Gasteiger partial charge is 0.304 e. The number of halogens is 1. The summed E-state index contributed by atoms with van der Waals surface area (Å²) in [5.74, 6) is -0.245. The Balaban J connectivity index is 2.30. The first-order chi connectivity index (χ1) is 10.1. The summed E-state index contributed by atoms with van der Waals surface area (Å²) in [6.45, 7) is 2.53. The van der Waals surface area contributed by atoms with E-state index in [0.717, 1.165) is 16.9 Å². The highest BCUT2D eigenvalue weighted by Gasteiger charge is 2.18. The standard InChI is InChI=1S/C17H17ClO3/c1-2-21-15-9-5-13(6-10-15)16(11-17(19)20)12-3-7-14(18)8-4-12/h3-10,16H,2,11H2,1H3,(H,19,20). The van der Waals surface area contributed by atoms with Crippen LogP contribution in [0.25, 0.3) is 0 Å². The van der Waals surface area contributed by atoms with Gasteiger partial charge in [0.05, 0.1) is 13.0 Å². The molecule has 0 spiro atoms. The van der Waals surface area contributed by atoms with Crippen molar-refractivity contribution in [3.63, 3.8) is 0 Å². The number of hydrogen-bond donors (Lipinski definition) is 1. The van der Waals surface area contributed by atoms with Crippen LogP contribution in [0, 0.1) is 0 Å². The Morgan fingerprint density at radius 3 is 2.10 bits per heavy atom. The molecule has 2 aromatic rings. The third kappa shape index (κ3) is 4.23. The summed E-state index contributed by atoms with van der Waals surface area (Å²) in [6.07, 6.45) is 0.0373. The number of carboxylic acid groups (broad SMARTS) is 1. The van der Waals surface area contributed by atoms with E-state index in [1.54, 1.807) is 12.1 Å². The van der Waals surface area contributed by atoms with Crippen LogP contribution in [0.3, 0.4) is 0 Å². The molecule has 0 bridgehead atoms. The molecule has 21 heavy (non-hydrogen) atoms. The molecule has 1 atom stereocenters. The molecule has 3 nitrogen and oxygen atoms in total. The molecule has 0 saturated heterocycles. The maximum Gasteiger partial charge on any atom is 0.304 e. The van der Waals surface area contributed by atoms with E-state index in [9.17, 15) is 4.79 Å². The summed E-state index contributed by atoms with van der Waals surface area (Å²) in [7, 11) is 0. The molecular weight excluding hydrogens is 288 g/mol. The first-order valence-corrected chi connectivity index (χ1v) is 7.18.